The summed E-state index contributed by atoms with van der Waals surface area (Å²) in [6.07, 6.45) is 0. The molecular formula is C21H15BrN2O2S. The van der Waals surface area contributed by atoms with Crippen LogP contribution in [0.2, 0.25) is 0 Å². The molecule has 0 radical (unpaired) electrons. The summed E-state index contributed by atoms with van der Waals surface area (Å²) in [5, 5.41) is 5.06. The highest BCUT2D eigenvalue weighted by Crippen LogP contribution is 2.36. The Morgan fingerprint density at radius 1 is 0.963 bits per heavy atom. The van der Waals surface area contributed by atoms with Gasteiger partial charge in [-0.25, -0.2) is 4.90 Å². The molecule has 3 aromatic rings. The van der Waals surface area contributed by atoms with E-state index in [9.17, 15) is 9.59 Å². The summed E-state index contributed by atoms with van der Waals surface area (Å²) in [4.78, 5) is 28.3. The third kappa shape index (κ3) is 3.34. The third-order valence-electron chi connectivity index (χ3n) is 4.24. The number of amides is 2. The van der Waals surface area contributed by atoms with E-state index < -0.39 is 0 Å². The highest BCUT2D eigenvalue weighted by atomic mass is 79.9. The van der Waals surface area contributed by atoms with Crippen molar-refractivity contribution in [2.45, 2.75) is 6.92 Å². The van der Waals surface area contributed by atoms with E-state index in [4.69, 9.17) is 0 Å². The Labute approximate surface area is 169 Å². The fourth-order valence-corrected chi connectivity index (χ4v) is 4.08. The number of halogens is 1. The molecule has 1 aliphatic rings. The molecule has 1 N–H and O–H groups in total. The minimum Gasteiger partial charge on any atom is -0.350 e. The first-order valence-corrected chi connectivity index (χ1v) is 9.98. The summed E-state index contributed by atoms with van der Waals surface area (Å²) in [6, 6.07) is 18.6. The fraction of sp³-hybridized carbons (Fsp3) is 0.0476. The molecule has 0 atom stereocenters. The standard InChI is InChI=1S/C21H15BrN2O2S/c1-13-7-9-15(10-8-13)23-19-18(17-6-3-11-27-17)20(25)24(21(19)26)16-5-2-4-14(22)12-16/h2-12,23H,1H3. The average Bonchev–Trinajstić information content (AvgIpc) is 3.24. The lowest BCUT2D eigenvalue weighted by Gasteiger charge is -2.15. The van der Waals surface area contributed by atoms with Gasteiger partial charge in [0, 0.05) is 15.0 Å². The van der Waals surface area contributed by atoms with E-state index in [1.807, 2.05) is 54.8 Å². The molecule has 0 spiro atoms. The van der Waals surface area contributed by atoms with Crippen LogP contribution in [-0.4, -0.2) is 11.8 Å². The second-order valence-corrected chi connectivity index (χ2v) is 8.01. The zero-order valence-electron chi connectivity index (χ0n) is 14.4. The van der Waals surface area contributed by atoms with E-state index in [1.54, 1.807) is 18.2 Å². The van der Waals surface area contributed by atoms with Gasteiger partial charge in [0.1, 0.15) is 5.70 Å². The van der Waals surface area contributed by atoms with Gasteiger partial charge in [0.15, 0.2) is 0 Å². The van der Waals surface area contributed by atoms with Gasteiger partial charge in [-0.15, -0.1) is 11.3 Å². The molecule has 0 fully saturated rings. The Kier molecular flexibility index (Phi) is 4.68. The third-order valence-corrected chi connectivity index (χ3v) is 5.62. The maximum absolute atomic E-state index is 13.2. The van der Waals surface area contributed by atoms with Gasteiger partial charge in [-0.05, 0) is 48.7 Å². The van der Waals surface area contributed by atoms with Crippen molar-refractivity contribution >= 4 is 56.0 Å². The van der Waals surface area contributed by atoms with Crippen LogP contribution in [0, 0.1) is 6.92 Å². The first-order chi connectivity index (χ1) is 13.0. The number of nitrogens with zero attached hydrogens (tertiary/aromatic N) is 1. The molecule has 0 aliphatic carbocycles. The highest BCUT2D eigenvalue weighted by Gasteiger charge is 2.40. The van der Waals surface area contributed by atoms with Crippen LogP contribution >= 0.6 is 27.3 Å². The van der Waals surface area contributed by atoms with Crippen molar-refractivity contribution in [2.24, 2.45) is 0 Å². The van der Waals surface area contributed by atoms with Gasteiger partial charge >= 0.3 is 0 Å². The Morgan fingerprint density at radius 3 is 2.41 bits per heavy atom. The number of carbonyl (C=O) groups excluding carboxylic acids is 2. The molecule has 134 valence electrons. The van der Waals surface area contributed by atoms with Crippen molar-refractivity contribution in [1.29, 1.82) is 0 Å². The van der Waals surface area contributed by atoms with Crippen LogP contribution in [0.3, 0.4) is 0 Å². The van der Waals surface area contributed by atoms with Crippen LogP contribution in [0.5, 0.6) is 0 Å². The number of thiophene rings is 1. The summed E-state index contributed by atoms with van der Waals surface area (Å²) >= 11 is 4.84. The van der Waals surface area contributed by atoms with Crippen LogP contribution in [0.1, 0.15) is 10.4 Å². The van der Waals surface area contributed by atoms with Crippen LogP contribution in [-0.2, 0) is 9.59 Å². The quantitative estimate of drug-likeness (QED) is 0.568. The van der Waals surface area contributed by atoms with Crippen molar-refractivity contribution in [3.05, 3.63) is 86.7 Å². The summed E-state index contributed by atoms with van der Waals surface area (Å²) in [5.74, 6) is -0.683. The Morgan fingerprint density at radius 2 is 1.74 bits per heavy atom. The first kappa shape index (κ1) is 17.7. The Bertz CT molecular complexity index is 1060. The normalized spacial score (nSPS) is 14.2. The van der Waals surface area contributed by atoms with Crippen molar-refractivity contribution in [3.63, 3.8) is 0 Å². The molecule has 0 saturated carbocycles. The lowest BCUT2D eigenvalue weighted by Crippen LogP contribution is -2.32. The second-order valence-electron chi connectivity index (χ2n) is 6.14. The number of benzene rings is 2. The molecule has 2 heterocycles. The van der Waals surface area contributed by atoms with Gasteiger partial charge in [0.25, 0.3) is 11.8 Å². The smallest absolute Gasteiger partial charge is 0.282 e. The number of anilines is 2. The second kappa shape index (κ2) is 7.13. The van der Waals surface area contributed by atoms with Crippen LogP contribution in [0.15, 0.2) is 76.2 Å². The highest BCUT2D eigenvalue weighted by molar-refractivity contribution is 9.10. The van der Waals surface area contributed by atoms with Crippen molar-refractivity contribution in [3.8, 4) is 0 Å². The van der Waals surface area contributed by atoms with Gasteiger partial charge in [-0.2, -0.15) is 0 Å². The van der Waals surface area contributed by atoms with Crippen molar-refractivity contribution < 1.29 is 9.59 Å². The van der Waals surface area contributed by atoms with E-state index in [0.717, 1.165) is 20.6 Å². The number of nitrogens with one attached hydrogen (secondary N) is 1. The Hall–Kier alpha value is -2.70. The maximum atomic E-state index is 13.2. The van der Waals surface area contributed by atoms with Crippen LogP contribution in [0.25, 0.3) is 5.57 Å². The first-order valence-electron chi connectivity index (χ1n) is 8.31. The summed E-state index contributed by atoms with van der Waals surface area (Å²) < 4.78 is 0.804. The molecule has 4 rings (SSSR count). The van der Waals surface area contributed by atoms with Crippen molar-refractivity contribution in [2.75, 3.05) is 10.2 Å². The van der Waals surface area contributed by atoms with Gasteiger partial charge < -0.3 is 5.32 Å². The molecule has 0 bridgehead atoms. The van der Waals surface area contributed by atoms with Gasteiger partial charge in [0.05, 0.1) is 11.3 Å². The summed E-state index contributed by atoms with van der Waals surface area (Å²) in [6.45, 7) is 2.00. The molecule has 4 nitrogen and oxygen atoms in total. The number of carbonyl (C=O) groups is 2. The zero-order chi connectivity index (χ0) is 19.0. The number of aryl methyl sites for hydroxylation is 1. The van der Waals surface area contributed by atoms with Crippen molar-refractivity contribution in [1.82, 2.24) is 0 Å². The summed E-state index contributed by atoms with van der Waals surface area (Å²) in [5.41, 5.74) is 3.12. The van der Waals surface area contributed by atoms with Gasteiger partial charge in [0.2, 0.25) is 0 Å². The number of hydrogen-bond acceptors (Lipinski definition) is 4. The largest absolute Gasteiger partial charge is 0.350 e. The molecule has 1 aliphatic heterocycles. The number of rotatable bonds is 4. The predicted octanol–water partition coefficient (Wildman–Crippen LogP) is 5.22. The average molecular weight is 439 g/mol. The molecule has 2 amide bonds. The molecule has 1 aromatic heterocycles. The van der Waals surface area contributed by atoms with Gasteiger partial charge in [-0.3, -0.25) is 9.59 Å². The van der Waals surface area contributed by atoms with E-state index >= 15 is 0 Å². The minimum absolute atomic E-state index is 0.297. The topological polar surface area (TPSA) is 49.4 Å². The summed E-state index contributed by atoms with van der Waals surface area (Å²) in [7, 11) is 0. The molecule has 0 unspecified atom stereocenters. The van der Waals surface area contributed by atoms with Gasteiger partial charge in [-0.1, -0.05) is 45.8 Å². The molecule has 27 heavy (non-hydrogen) atoms. The van der Waals surface area contributed by atoms with E-state index in [1.165, 1.54) is 16.2 Å². The minimum atomic E-state index is -0.359. The zero-order valence-corrected chi connectivity index (χ0v) is 16.8. The Balaban J connectivity index is 1.79. The lowest BCUT2D eigenvalue weighted by atomic mass is 10.1. The van der Waals surface area contributed by atoms with Crippen LogP contribution in [0.4, 0.5) is 11.4 Å². The lowest BCUT2D eigenvalue weighted by molar-refractivity contribution is -0.120. The fourth-order valence-electron chi connectivity index (χ4n) is 2.93. The van der Waals surface area contributed by atoms with Crippen LogP contribution < -0.4 is 10.2 Å². The predicted molar refractivity (Wildman–Crippen MR) is 113 cm³/mol. The number of imide groups is 1. The SMILES string of the molecule is Cc1ccc(NC2=C(c3cccs3)C(=O)N(c3cccc(Br)c3)C2=O)cc1. The monoisotopic (exact) mass is 438 g/mol. The number of hydrogen-bond donors (Lipinski definition) is 1. The van der Waals surface area contributed by atoms with E-state index in [-0.39, 0.29) is 11.8 Å². The molecule has 2 aromatic carbocycles. The van der Waals surface area contributed by atoms with E-state index in [0.29, 0.717) is 17.0 Å². The molecular weight excluding hydrogens is 424 g/mol. The molecule has 6 heteroatoms. The van der Waals surface area contributed by atoms with E-state index in [2.05, 4.69) is 21.2 Å². The maximum Gasteiger partial charge on any atom is 0.282 e. The molecule has 0 saturated heterocycles.